The molecule has 0 aliphatic rings. The van der Waals surface area contributed by atoms with E-state index in [2.05, 4.69) is 15.3 Å². The second kappa shape index (κ2) is 6.30. The van der Waals surface area contributed by atoms with E-state index in [0.717, 1.165) is 11.6 Å². The molecule has 1 heterocycles. The Morgan fingerprint density at radius 1 is 1.19 bits per heavy atom. The van der Waals surface area contributed by atoms with E-state index in [1.165, 1.54) is 0 Å². The molecular weight excluding hydrogens is 303 g/mol. The highest BCUT2D eigenvalue weighted by Crippen LogP contribution is 2.29. The molecular formula is C14H13ClF3N3. The van der Waals surface area contributed by atoms with Crippen LogP contribution in [0.5, 0.6) is 0 Å². The second-order valence-corrected chi connectivity index (χ2v) is 4.98. The third kappa shape index (κ3) is 4.60. The standard InChI is InChI=1S/C14H13ClF3N3/c1-9(7-10-5-3-2-4-6-10)19-12-8-11(14(16,17)18)20-13(15)21-12/h2-6,8-9H,7H2,1H3,(H,19,20,21). The summed E-state index contributed by atoms with van der Waals surface area (Å²) in [5, 5.41) is 2.48. The summed E-state index contributed by atoms with van der Waals surface area (Å²) in [6, 6.07) is 10.4. The van der Waals surface area contributed by atoms with Crippen molar-refractivity contribution in [2.45, 2.75) is 25.6 Å². The lowest BCUT2D eigenvalue weighted by molar-refractivity contribution is -0.141. The zero-order valence-corrected chi connectivity index (χ0v) is 11.9. The predicted molar refractivity (Wildman–Crippen MR) is 75.3 cm³/mol. The quantitative estimate of drug-likeness (QED) is 0.860. The van der Waals surface area contributed by atoms with Crippen molar-refractivity contribution >= 4 is 17.4 Å². The van der Waals surface area contributed by atoms with Gasteiger partial charge in [0.2, 0.25) is 5.28 Å². The highest BCUT2D eigenvalue weighted by atomic mass is 35.5. The first kappa shape index (κ1) is 15.6. The number of hydrogen-bond donors (Lipinski definition) is 1. The van der Waals surface area contributed by atoms with Crippen molar-refractivity contribution in [1.29, 1.82) is 0 Å². The molecule has 1 atom stereocenters. The van der Waals surface area contributed by atoms with Crippen LogP contribution in [0.15, 0.2) is 36.4 Å². The van der Waals surface area contributed by atoms with Crippen LogP contribution in [0, 0.1) is 0 Å². The van der Waals surface area contributed by atoms with Gasteiger partial charge >= 0.3 is 6.18 Å². The largest absolute Gasteiger partial charge is 0.433 e. The summed E-state index contributed by atoms with van der Waals surface area (Å²) >= 11 is 5.54. The van der Waals surface area contributed by atoms with Crippen LogP contribution in [0.2, 0.25) is 5.28 Å². The number of benzene rings is 1. The van der Waals surface area contributed by atoms with Gasteiger partial charge in [-0.25, -0.2) is 9.97 Å². The molecule has 2 rings (SSSR count). The van der Waals surface area contributed by atoms with Crippen LogP contribution in [0.4, 0.5) is 19.0 Å². The second-order valence-electron chi connectivity index (χ2n) is 4.64. The average molecular weight is 316 g/mol. The maximum absolute atomic E-state index is 12.7. The Bertz CT molecular complexity index is 602. The Kier molecular flexibility index (Phi) is 4.67. The van der Waals surface area contributed by atoms with Crippen molar-refractivity contribution in [3.8, 4) is 0 Å². The molecule has 112 valence electrons. The van der Waals surface area contributed by atoms with E-state index in [-0.39, 0.29) is 11.9 Å². The van der Waals surface area contributed by atoms with Gasteiger partial charge in [0.15, 0.2) is 5.69 Å². The first-order valence-electron chi connectivity index (χ1n) is 6.27. The molecule has 3 nitrogen and oxygen atoms in total. The molecule has 1 N–H and O–H groups in total. The molecule has 1 unspecified atom stereocenters. The molecule has 21 heavy (non-hydrogen) atoms. The lowest BCUT2D eigenvalue weighted by atomic mass is 10.1. The minimum absolute atomic E-state index is 0.0609. The summed E-state index contributed by atoms with van der Waals surface area (Å²) < 4.78 is 38.0. The third-order valence-corrected chi connectivity index (χ3v) is 2.94. The Hall–Kier alpha value is -1.82. The van der Waals surface area contributed by atoms with Crippen molar-refractivity contribution in [1.82, 2.24) is 9.97 Å². The van der Waals surface area contributed by atoms with E-state index in [4.69, 9.17) is 11.6 Å². The van der Waals surface area contributed by atoms with E-state index >= 15 is 0 Å². The summed E-state index contributed by atoms with van der Waals surface area (Å²) in [5.74, 6) is 0.0609. The lowest BCUT2D eigenvalue weighted by Gasteiger charge is -2.16. The van der Waals surface area contributed by atoms with Gasteiger partial charge < -0.3 is 5.32 Å². The first-order chi connectivity index (χ1) is 9.84. The Morgan fingerprint density at radius 2 is 1.86 bits per heavy atom. The van der Waals surface area contributed by atoms with Gasteiger partial charge in [0.1, 0.15) is 5.82 Å². The molecule has 0 fully saturated rings. The number of aromatic nitrogens is 2. The zero-order chi connectivity index (χ0) is 15.5. The molecule has 7 heteroatoms. The summed E-state index contributed by atoms with van der Waals surface area (Å²) in [5.41, 5.74) is 0.0191. The average Bonchev–Trinajstić information content (AvgIpc) is 2.37. The molecule has 0 aliphatic heterocycles. The van der Waals surface area contributed by atoms with Crippen molar-refractivity contribution in [3.05, 3.63) is 52.9 Å². The van der Waals surface area contributed by atoms with Crippen LogP contribution in [0.25, 0.3) is 0 Å². The maximum Gasteiger partial charge on any atom is 0.433 e. The van der Waals surface area contributed by atoms with Crippen LogP contribution in [-0.4, -0.2) is 16.0 Å². The van der Waals surface area contributed by atoms with Gasteiger partial charge in [0.05, 0.1) is 0 Å². The van der Waals surface area contributed by atoms with Crippen molar-refractivity contribution in [2.75, 3.05) is 5.32 Å². The molecule has 2 aromatic rings. The summed E-state index contributed by atoms with van der Waals surface area (Å²) in [6.07, 6.45) is -3.89. The van der Waals surface area contributed by atoms with Gasteiger partial charge in [-0.3, -0.25) is 0 Å². The molecule has 0 aliphatic carbocycles. The van der Waals surface area contributed by atoms with Gasteiger partial charge in [-0.05, 0) is 30.5 Å². The van der Waals surface area contributed by atoms with E-state index in [1.807, 2.05) is 37.3 Å². The Balaban J connectivity index is 2.10. The number of nitrogens with zero attached hydrogens (tertiary/aromatic N) is 2. The number of anilines is 1. The van der Waals surface area contributed by atoms with Crippen LogP contribution in [0.3, 0.4) is 0 Å². The summed E-state index contributed by atoms with van der Waals surface area (Å²) in [6.45, 7) is 1.86. The highest BCUT2D eigenvalue weighted by Gasteiger charge is 2.33. The van der Waals surface area contributed by atoms with Gasteiger partial charge in [0, 0.05) is 12.1 Å². The van der Waals surface area contributed by atoms with Crippen molar-refractivity contribution in [2.24, 2.45) is 0 Å². The van der Waals surface area contributed by atoms with Crippen molar-refractivity contribution < 1.29 is 13.2 Å². The topological polar surface area (TPSA) is 37.8 Å². The van der Waals surface area contributed by atoms with Crippen LogP contribution < -0.4 is 5.32 Å². The SMILES string of the molecule is CC(Cc1ccccc1)Nc1cc(C(F)(F)F)nc(Cl)n1. The molecule has 0 radical (unpaired) electrons. The van der Waals surface area contributed by atoms with E-state index in [1.54, 1.807) is 0 Å². The normalized spacial score (nSPS) is 13.0. The molecule has 0 saturated carbocycles. The molecule has 0 amide bonds. The number of alkyl halides is 3. The van der Waals surface area contributed by atoms with Gasteiger partial charge in [-0.1, -0.05) is 30.3 Å². The summed E-state index contributed by atoms with van der Waals surface area (Å²) in [7, 11) is 0. The van der Waals surface area contributed by atoms with Gasteiger partial charge in [-0.15, -0.1) is 0 Å². The molecule has 1 aromatic heterocycles. The Labute approximate surface area is 125 Å². The predicted octanol–water partition coefficient (Wildman–Crippen LogP) is 4.19. The highest BCUT2D eigenvalue weighted by molar-refractivity contribution is 6.28. The smallest absolute Gasteiger partial charge is 0.367 e. The maximum atomic E-state index is 12.7. The van der Waals surface area contributed by atoms with E-state index in [0.29, 0.717) is 6.42 Å². The van der Waals surface area contributed by atoms with E-state index in [9.17, 15) is 13.2 Å². The van der Waals surface area contributed by atoms with Crippen LogP contribution in [-0.2, 0) is 12.6 Å². The van der Waals surface area contributed by atoms with Crippen LogP contribution >= 0.6 is 11.6 Å². The molecule has 0 spiro atoms. The fourth-order valence-electron chi connectivity index (χ4n) is 1.91. The van der Waals surface area contributed by atoms with Gasteiger partial charge in [0.25, 0.3) is 0 Å². The lowest BCUT2D eigenvalue weighted by Crippen LogP contribution is -2.20. The van der Waals surface area contributed by atoms with E-state index < -0.39 is 17.2 Å². The van der Waals surface area contributed by atoms with Gasteiger partial charge in [-0.2, -0.15) is 13.2 Å². The monoisotopic (exact) mass is 315 g/mol. The fourth-order valence-corrected chi connectivity index (χ4v) is 2.09. The number of halogens is 4. The molecule has 0 saturated heterocycles. The van der Waals surface area contributed by atoms with Crippen molar-refractivity contribution in [3.63, 3.8) is 0 Å². The zero-order valence-electron chi connectivity index (χ0n) is 11.2. The van der Waals surface area contributed by atoms with Crippen LogP contribution in [0.1, 0.15) is 18.2 Å². The number of hydrogen-bond acceptors (Lipinski definition) is 3. The number of rotatable bonds is 4. The first-order valence-corrected chi connectivity index (χ1v) is 6.64. The third-order valence-electron chi connectivity index (χ3n) is 2.77. The summed E-state index contributed by atoms with van der Waals surface area (Å²) in [4.78, 5) is 6.96. The molecule has 1 aromatic carbocycles. The fraction of sp³-hybridized carbons (Fsp3) is 0.286. The minimum Gasteiger partial charge on any atom is -0.367 e. The Morgan fingerprint density at radius 3 is 2.48 bits per heavy atom. The number of nitrogens with one attached hydrogen (secondary N) is 1. The minimum atomic E-state index is -4.55. The molecule has 0 bridgehead atoms.